The number of pyridine rings is 1. The highest BCUT2D eigenvalue weighted by Gasteiger charge is 2.09. The van der Waals surface area contributed by atoms with Gasteiger partial charge in [-0.15, -0.1) is 11.3 Å². The third kappa shape index (κ3) is 4.07. The van der Waals surface area contributed by atoms with Crippen LogP contribution in [-0.2, 0) is 6.54 Å². The molecular formula is C16H16N6O2S. The quantitative estimate of drug-likeness (QED) is 0.694. The van der Waals surface area contributed by atoms with Crippen LogP contribution in [-0.4, -0.2) is 45.1 Å². The van der Waals surface area contributed by atoms with Crippen LogP contribution in [0.1, 0.15) is 16.1 Å². The van der Waals surface area contributed by atoms with Gasteiger partial charge in [0.15, 0.2) is 5.13 Å². The second-order valence-electron chi connectivity index (χ2n) is 5.37. The van der Waals surface area contributed by atoms with Crippen molar-refractivity contribution in [1.29, 1.82) is 0 Å². The van der Waals surface area contributed by atoms with Gasteiger partial charge in [0, 0.05) is 31.9 Å². The first-order chi connectivity index (χ1) is 12.0. The van der Waals surface area contributed by atoms with Crippen molar-refractivity contribution in [2.24, 2.45) is 0 Å². The first-order valence-electron chi connectivity index (χ1n) is 7.41. The van der Waals surface area contributed by atoms with Crippen molar-refractivity contribution in [3.8, 4) is 11.4 Å². The number of hydrogen-bond acceptors (Lipinski definition) is 8. The fourth-order valence-corrected chi connectivity index (χ4v) is 2.80. The first-order valence-corrected chi connectivity index (χ1v) is 8.29. The molecule has 2 N–H and O–H groups in total. The fraction of sp³-hybridized carbons (Fsp3) is 0.188. The Morgan fingerprint density at radius 2 is 2.00 bits per heavy atom. The number of carbonyl (C=O) groups is 1. The third-order valence-corrected chi connectivity index (χ3v) is 4.33. The topological polar surface area (TPSA) is 104 Å². The van der Waals surface area contributed by atoms with E-state index in [1.54, 1.807) is 23.6 Å². The molecule has 0 amide bonds. The smallest absolute Gasteiger partial charge is 0.335 e. The van der Waals surface area contributed by atoms with E-state index in [-0.39, 0.29) is 5.56 Å². The van der Waals surface area contributed by atoms with Gasteiger partial charge >= 0.3 is 5.97 Å². The van der Waals surface area contributed by atoms with Crippen molar-refractivity contribution in [1.82, 2.24) is 19.9 Å². The largest absolute Gasteiger partial charge is 0.478 e. The van der Waals surface area contributed by atoms with Crippen molar-refractivity contribution in [3.05, 3.63) is 47.2 Å². The van der Waals surface area contributed by atoms with Gasteiger partial charge in [-0.05, 0) is 18.2 Å². The molecule has 3 heterocycles. The van der Waals surface area contributed by atoms with Crippen LogP contribution in [0.3, 0.4) is 0 Å². The van der Waals surface area contributed by atoms with Gasteiger partial charge in [0.1, 0.15) is 0 Å². The molecule has 0 aliphatic heterocycles. The highest BCUT2D eigenvalue weighted by Crippen LogP contribution is 2.19. The summed E-state index contributed by atoms with van der Waals surface area (Å²) in [5.41, 5.74) is 2.09. The Bertz CT molecular complexity index is 896. The molecule has 8 nitrogen and oxygen atoms in total. The molecule has 0 saturated carbocycles. The normalized spacial score (nSPS) is 10.5. The van der Waals surface area contributed by atoms with Crippen LogP contribution in [0.25, 0.3) is 11.4 Å². The Morgan fingerprint density at radius 1 is 1.20 bits per heavy atom. The molecule has 25 heavy (non-hydrogen) atoms. The SMILES string of the molecule is CN(C)c1nc(CNc2nccc(-c3cc(C(=O)O)ccn3)n2)cs1. The predicted molar refractivity (Wildman–Crippen MR) is 96.0 cm³/mol. The number of nitrogens with zero attached hydrogens (tertiary/aromatic N) is 5. The lowest BCUT2D eigenvalue weighted by Gasteiger charge is -2.07. The molecule has 0 aliphatic rings. The van der Waals surface area contributed by atoms with Gasteiger partial charge in [-0.1, -0.05) is 0 Å². The lowest BCUT2D eigenvalue weighted by atomic mass is 10.2. The predicted octanol–water partition coefficient (Wildman–Crippen LogP) is 2.37. The molecule has 9 heteroatoms. The van der Waals surface area contributed by atoms with Gasteiger partial charge in [0.2, 0.25) is 5.95 Å². The molecule has 3 rings (SSSR count). The molecule has 0 aromatic carbocycles. The van der Waals surface area contributed by atoms with Gasteiger partial charge in [0.05, 0.1) is 29.2 Å². The molecular weight excluding hydrogens is 340 g/mol. The number of anilines is 2. The van der Waals surface area contributed by atoms with E-state index in [0.717, 1.165) is 10.8 Å². The zero-order chi connectivity index (χ0) is 17.8. The number of carboxylic acids is 1. The molecule has 0 unspecified atom stereocenters. The summed E-state index contributed by atoms with van der Waals surface area (Å²) in [4.78, 5) is 30.3. The minimum absolute atomic E-state index is 0.164. The van der Waals surface area contributed by atoms with Crippen LogP contribution >= 0.6 is 11.3 Å². The molecule has 0 atom stereocenters. The lowest BCUT2D eigenvalue weighted by molar-refractivity contribution is 0.0697. The zero-order valence-electron chi connectivity index (χ0n) is 13.7. The number of aromatic carboxylic acids is 1. The molecule has 0 spiro atoms. The number of hydrogen-bond donors (Lipinski definition) is 2. The summed E-state index contributed by atoms with van der Waals surface area (Å²) in [5.74, 6) is -0.573. The molecule has 0 radical (unpaired) electrons. The molecule has 3 aromatic heterocycles. The van der Waals surface area contributed by atoms with E-state index in [1.807, 2.05) is 24.4 Å². The Morgan fingerprint density at radius 3 is 2.72 bits per heavy atom. The average molecular weight is 356 g/mol. The maximum absolute atomic E-state index is 11.1. The Kier molecular flexibility index (Phi) is 4.85. The molecule has 0 bridgehead atoms. The van der Waals surface area contributed by atoms with Gasteiger partial charge in [-0.2, -0.15) is 0 Å². The number of aromatic nitrogens is 4. The first kappa shape index (κ1) is 16.8. The second kappa shape index (κ2) is 7.22. The number of thiazole rings is 1. The third-order valence-electron chi connectivity index (χ3n) is 3.27. The minimum Gasteiger partial charge on any atom is -0.478 e. The van der Waals surface area contributed by atoms with E-state index >= 15 is 0 Å². The van der Waals surface area contributed by atoms with Crippen molar-refractivity contribution in [2.75, 3.05) is 24.3 Å². The highest BCUT2D eigenvalue weighted by molar-refractivity contribution is 7.13. The van der Waals surface area contributed by atoms with Crippen molar-refractivity contribution < 1.29 is 9.90 Å². The molecule has 128 valence electrons. The van der Waals surface area contributed by atoms with Crippen LogP contribution in [0.15, 0.2) is 36.0 Å². The fourth-order valence-electron chi connectivity index (χ4n) is 2.04. The van der Waals surface area contributed by atoms with Gasteiger partial charge in [-0.25, -0.2) is 19.7 Å². The van der Waals surface area contributed by atoms with E-state index < -0.39 is 5.97 Å². The van der Waals surface area contributed by atoms with Crippen LogP contribution < -0.4 is 10.2 Å². The molecule has 0 saturated heterocycles. The Balaban J connectivity index is 1.75. The zero-order valence-corrected chi connectivity index (χ0v) is 14.5. The van der Waals surface area contributed by atoms with E-state index in [4.69, 9.17) is 5.11 Å². The van der Waals surface area contributed by atoms with Gasteiger partial charge in [-0.3, -0.25) is 4.98 Å². The van der Waals surface area contributed by atoms with Crippen LogP contribution in [0.2, 0.25) is 0 Å². The van der Waals surface area contributed by atoms with Gasteiger partial charge in [0.25, 0.3) is 0 Å². The summed E-state index contributed by atoms with van der Waals surface area (Å²) < 4.78 is 0. The second-order valence-corrected chi connectivity index (χ2v) is 6.21. The molecule has 0 aliphatic carbocycles. The Hall–Kier alpha value is -3.07. The van der Waals surface area contributed by atoms with Crippen molar-refractivity contribution >= 4 is 28.4 Å². The van der Waals surface area contributed by atoms with E-state index in [9.17, 15) is 4.79 Å². The number of rotatable bonds is 6. The summed E-state index contributed by atoms with van der Waals surface area (Å²) in [5, 5.41) is 15.1. The molecule has 3 aromatic rings. The summed E-state index contributed by atoms with van der Waals surface area (Å²) in [7, 11) is 3.89. The summed E-state index contributed by atoms with van der Waals surface area (Å²) in [6.45, 7) is 0.496. The van der Waals surface area contributed by atoms with E-state index in [1.165, 1.54) is 18.3 Å². The van der Waals surface area contributed by atoms with E-state index in [2.05, 4.69) is 25.3 Å². The van der Waals surface area contributed by atoms with Crippen LogP contribution in [0.4, 0.5) is 11.1 Å². The molecule has 0 fully saturated rings. The van der Waals surface area contributed by atoms with Crippen molar-refractivity contribution in [3.63, 3.8) is 0 Å². The Labute approximate surface area is 148 Å². The van der Waals surface area contributed by atoms with Gasteiger partial charge < -0.3 is 15.3 Å². The standard InChI is InChI=1S/C16H16N6O2S/c1-22(2)16-20-11(9-25-16)8-19-15-18-6-4-12(21-15)13-7-10(14(23)24)3-5-17-13/h3-7,9H,8H2,1-2H3,(H,23,24)(H,18,19,21). The highest BCUT2D eigenvalue weighted by atomic mass is 32.1. The lowest BCUT2D eigenvalue weighted by Crippen LogP contribution is -2.09. The minimum atomic E-state index is -1.00. The maximum atomic E-state index is 11.1. The van der Waals surface area contributed by atoms with Crippen LogP contribution in [0, 0.1) is 0 Å². The van der Waals surface area contributed by atoms with E-state index in [0.29, 0.717) is 23.9 Å². The number of carboxylic acid groups (broad SMARTS) is 1. The monoisotopic (exact) mass is 356 g/mol. The maximum Gasteiger partial charge on any atom is 0.335 e. The summed E-state index contributed by atoms with van der Waals surface area (Å²) in [6.07, 6.45) is 3.05. The summed E-state index contributed by atoms with van der Waals surface area (Å²) in [6, 6.07) is 4.61. The number of nitrogens with one attached hydrogen (secondary N) is 1. The summed E-state index contributed by atoms with van der Waals surface area (Å²) >= 11 is 1.57. The van der Waals surface area contributed by atoms with Crippen molar-refractivity contribution in [2.45, 2.75) is 6.54 Å². The average Bonchev–Trinajstić information content (AvgIpc) is 3.10. The van der Waals surface area contributed by atoms with Crippen LogP contribution in [0.5, 0.6) is 0 Å².